The van der Waals surface area contributed by atoms with Crippen LogP contribution in [0.1, 0.15) is 29.2 Å². The molecule has 1 aromatic heterocycles. The van der Waals surface area contributed by atoms with Crippen molar-refractivity contribution in [2.45, 2.75) is 33.5 Å². The highest BCUT2D eigenvalue weighted by Gasteiger charge is 2.16. The molecule has 0 aliphatic heterocycles. The van der Waals surface area contributed by atoms with Crippen LogP contribution < -0.4 is 19.1 Å². The van der Waals surface area contributed by atoms with Gasteiger partial charge in [0.2, 0.25) is 10.0 Å². The van der Waals surface area contributed by atoms with Gasteiger partial charge >= 0.3 is 0 Å². The SMILES string of the molecule is [C-]#[N+]c1ccc(CN(Cc2ccc(Oc3cccc(OCc4cccnc4)c3)cc2)c2cccc(NS(=O)(=O)CC)c2C)cc1. The maximum absolute atomic E-state index is 12.3. The summed E-state index contributed by atoms with van der Waals surface area (Å²) in [5.74, 6) is 2.05. The topological polar surface area (TPSA) is 85.1 Å². The fourth-order valence-electron chi connectivity index (χ4n) is 4.74. The molecule has 5 aromatic rings. The molecule has 0 amide bonds. The minimum atomic E-state index is -3.43. The van der Waals surface area contributed by atoms with Gasteiger partial charge in [0.1, 0.15) is 23.9 Å². The Morgan fingerprint density at radius 3 is 2.18 bits per heavy atom. The maximum atomic E-state index is 12.3. The molecule has 9 heteroatoms. The summed E-state index contributed by atoms with van der Waals surface area (Å²) in [7, 11) is -3.43. The van der Waals surface area contributed by atoms with Crippen LogP contribution in [-0.4, -0.2) is 19.2 Å². The standard InChI is InChI=1S/C36H34N4O4S/c1-4-45(41,42)39-35-11-6-12-36(27(35)2)40(24-28-13-17-31(37-3)18-14-28)25-29-15-19-32(20-16-29)44-34-10-5-9-33(22-34)43-26-30-8-7-21-38-23-30/h5-23,39H,4,24-26H2,1-2H3. The Morgan fingerprint density at radius 2 is 1.51 bits per heavy atom. The first-order valence-corrected chi connectivity index (χ1v) is 16.2. The van der Waals surface area contributed by atoms with Crippen molar-refractivity contribution in [3.05, 3.63) is 149 Å². The second-order valence-corrected chi connectivity index (χ2v) is 12.5. The summed E-state index contributed by atoms with van der Waals surface area (Å²) >= 11 is 0. The van der Waals surface area contributed by atoms with E-state index in [9.17, 15) is 8.42 Å². The first kappa shape index (κ1) is 31.1. The minimum Gasteiger partial charge on any atom is -0.489 e. The molecule has 0 fully saturated rings. The molecule has 5 rings (SSSR count). The van der Waals surface area contributed by atoms with Gasteiger partial charge in [0, 0.05) is 42.8 Å². The number of anilines is 2. The van der Waals surface area contributed by atoms with Crippen molar-refractivity contribution in [2.24, 2.45) is 0 Å². The highest BCUT2D eigenvalue weighted by atomic mass is 32.2. The third kappa shape index (κ3) is 8.62. The average molecular weight is 619 g/mol. The summed E-state index contributed by atoms with van der Waals surface area (Å²) in [6, 6.07) is 32.4. The van der Waals surface area contributed by atoms with E-state index in [1.165, 1.54) is 0 Å². The Bertz CT molecular complexity index is 1870. The van der Waals surface area contributed by atoms with Crippen LogP contribution in [0.25, 0.3) is 4.85 Å². The molecule has 0 bridgehead atoms. The summed E-state index contributed by atoms with van der Waals surface area (Å²) in [6.45, 7) is 12.3. The van der Waals surface area contributed by atoms with Crippen LogP contribution in [0, 0.1) is 13.5 Å². The van der Waals surface area contributed by atoms with Gasteiger partial charge in [-0.2, -0.15) is 0 Å². The molecule has 0 unspecified atom stereocenters. The van der Waals surface area contributed by atoms with Gasteiger partial charge in [-0.1, -0.05) is 54.6 Å². The number of nitrogens with one attached hydrogen (secondary N) is 1. The summed E-state index contributed by atoms with van der Waals surface area (Å²) in [4.78, 5) is 9.82. The van der Waals surface area contributed by atoms with Crippen LogP contribution in [-0.2, 0) is 29.7 Å². The van der Waals surface area contributed by atoms with Crippen molar-refractivity contribution < 1.29 is 17.9 Å². The van der Waals surface area contributed by atoms with E-state index < -0.39 is 10.0 Å². The van der Waals surface area contributed by atoms with E-state index in [0.29, 0.717) is 48.3 Å². The zero-order valence-corrected chi connectivity index (χ0v) is 26.0. The Hall–Kier alpha value is -5.33. The monoisotopic (exact) mass is 618 g/mol. The fraction of sp³-hybridized carbons (Fsp3) is 0.167. The molecule has 0 saturated heterocycles. The number of rotatable bonds is 13. The second kappa shape index (κ2) is 14.4. The molecule has 0 saturated carbocycles. The Kier molecular flexibility index (Phi) is 9.97. The van der Waals surface area contributed by atoms with Crippen LogP contribution >= 0.6 is 0 Å². The maximum Gasteiger partial charge on any atom is 0.232 e. The van der Waals surface area contributed by atoms with Crippen molar-refractivity contribution in [1.82, 2.24) is 4.98 Å². The number of ether oxygens (including phenoxy) is 2. The van der Waals surface area contributed by atoms with Gasteiger partial charge in [-0.3, -0.25) is 9.71 Å². The summed E-state index contributed by atoms with van der Waals surface area (Å²) < 4.78 is 39.4. The van der Waals surface area contributed by atoms with E-state index in [0.717, 1.165) is 27.9 Å². The molecule has 45 heavy (non-hydrogen) atoms. The molecule has 1 heterocycles. The highest BCUT2D eigenvalue weighted by Crippen LogP contribution is 2.31. The molecule has 1 N–H and O–H groups in total. The molecule has 0 aliphatic rings. The van der Waals surface area contributed by atoms with Crippen LogP contribution in [0.3, 0.4) is 0 Å². The van der Waals surface area contributed by atoms with Gasteiger partial charge in [-0.25, -0.2) is 13.3 Å². The number of sulfonamides is 1. The van der Waals surface area contributed by atoms with E-state index in [-0.39, 0.29) is 5.75 Å². The molecule has 4 aromatic carbocycles. The van der Waals surface area contributed by atoms with Crippen molar-refractivity contribution in [2.75, 3.05) is 15.4 Å². The Balaban J connectivity index is 1.33. The molecule has 8 nitrogen and oxygen atoms in total. The first-order chi connectivity index (χ1) is 21.8. The van der Waals surface area contributed by atoms with Gasteiger partial charge < -0.3 is 14.4 Å². The Morgan fingerprint density at radius 1 is 0.822 bits per heavy atom. The summed E-state index contributed by atoms with van der Waals surface area (Å²) in [6.07, 6.45) is 3.51. The van der Waals surface area contributed by atoms with Crippen molar-refractivity contribution in [3.63, 3.8) is 0 Å². The quantitative estimate of drug-likeness (QED) is 0.134. The van der Waals surface area contributed by atoms with E-state index >= 15 is 0 Å². The molecule has 0 spiro atoms. The third-order valence-corrected chi connectivity index (χ3v) is 8.49. The number of nitrogens with zero attached hydrogens (tertiary/aromatic N) is 3. The highest BCUT2D eigenvalue weighted by molar-refractivity contribution is 7.92. The minimum absolute atomic E-state index is 0.00900. The van der Waals surface area contributed by atoms with Crippen LogP contribution in [0.15, 0.2) is 116 Å². The first-order valence-electron chi connectivity index (χ1n) is 14.5. The van der Waals surface area contributed by atoms with Crippen molar-refractivity contribution >= 4 is 27.1 Å². The van der Waals surface area contributed by atoms with Crippen LogP contribution in [0.5, 0.6) is 17.2 Å². The fourth-order valence-corrected chi connectivity index (χ4v) is 5.44. The predicted octanol–water partition coefficient (Wildman–Crippen LogP) is 8.28. The number of pyridine rings is 1. The number of hydrogen-bond donors (Lipinski definition) is 1. The van der Waals surface area contributed by atoms with Crippen molar-refractivity contribution in [1.29, 1.82) is 0 Å². The van der Waals surface area contributed by atoms with Crippen LogP contribution in [0.4, 0.5) is 17.1 Å². The lowest BCUT2D eigenvalue weighted by atomic mass is 10.1. The third-order valence-electron chi connectivity index (χ3n) is 7.20. The molecular weight excluding hydrogens is 584 g/mol. The van der Waals surface area contributed by atoms with Gasteiger partial charge in [0.25, 0.3) is 0 Å². The van der Waals surface area contributed by atoms with Crippen LogP contribution in [0.2, 0.25) is 0 Å². The smallest absolute Gasteiger partial charge is 0.232 e. The molecule has 228 valence electrons. The van der Waals surface area contributed by atoms with Gasteiger partial charge in [-0.15, -0.1) is 0 Å². The zero-order chi connectivity index (χ0) is 31.6. The van der Waals surface area contributed by atoms with E-state index in [2.05, 4.69) is 19.5 Å². The second-order valence-electron chi connectivity index (χ2n) is 10.5. The lowest BCUT2D eigenvalue weighted by Gasteiger charge is -2.28. The lowest BCUT2D eigenvalue weighted by molar-refractivity contribution is 0.304. The van der Waals surface area contributed by atoms with Gasteiger partial charge in [0.15, 0.2) is 5.69 Å². The normalized spacial score (nSPS) is 11.0. The molecule has 0 aliphatic carbocycles. The predicted molar refractivity (Wildman–Crippen MR) is 178 cm³/mol. The van der Waals surface area contributed by atoms with Crippen molar-refractivity contribution in [3.8, 4) is 17.2 Å². The zero-order valence-electron chi connectivity index (χ0n) is 25.2. The molecule has 0 atom stereocenters. The average Bonchev–Trinajstić information content (AvgIpc) is 3.06. The summed E-state index contributed by atoms with van der Waals surface area (Å²) in [5, 5.41) is 0. The van der Waals surface area contributed by atoms with E-state index in [1.807, 2.05) is 104 Å². The Labute approximate surface area is 264 Å². The number of benzene rings is 4. The van der Waals surface area contributed by atoms with Gasteiger partial charge in [-0.05, 0) is 73.0 Å². The van der Waals surface area contributed by atoms with E-state index in [4.69, 9.17) is 16.0 Å². The largest absolute Gasteiger partial charge is 0.489 e. The molecule has 0 radical (unpaired) electrons. The van der Waals surface area contributed by atoms with Gasteiger partial charge in [0.05, 0.1) is 18.0 Å². The number of hydrogen-bond acceptors (Lipinski definition) is 6. The molecular formula is C36H34N4O4S. The number of aromatic nitrogens is 1. The van der Waals surface area contributed by atoms with E-state index in [1.54, 1.807) is 25.4 Å². The summed E-state index contributed by atoms with van der Waals surface area (Å²) in [5.41, 5.74) is 5.94. The lowest BCUT2D eigenvalue weighted by Crippen LogP contribution is -2.24.